The smallest absolute Gasteiger partial charge is 0.326 e. The van der Waals surface area contributed by atoms with Crippen LogP contribution in [0.4, 0.5) is 9.57 Å². The second-order valence-corrected chi connectivity index (χ2v) is 4.92. The van der Waals surface area contributed by atoms with Crippen molar-refractivity contribution in [3.05, 3.63) is 41.4 Å². The van der Waals surface area contributed by atoms with Crippen molar-refractivity contribution < 1.29 is 12.3 Å². The lowest BCUT2D eigenvalue weighted by Crippen LogP contribution is -1.91. The summed E-state index contributed by atoms with van der Waals surface area (Å²) in [6.45, 7) is 4.16. The van der Waals surface area contributed by atoms with Crippen molar-refractivity contribution in [3.63, 3.8) is 0 Å². The summed E-state index contributed by atoms with van der Waals surface area (Å²) < 4.78 is 32.4. The summed E-state index contributed by atoms with van der Waals surface area (Å²) in [6, 6.07) is 7.49. The van der Waals surface area contributed by atoms with Gasteiger partial charge in [-0.25, -0.2) is 0 Å². The van der Waals surface area contributed by atoms with Gasteiger partial charge in [-0.05, 0) is 23.6 Å². The van der Waals surface area contributed by atoms with E-state index in [1.54, 1.807) is 0 Å². The molecule has 88 valence electrons. The number of rotatable bonds is 4. The third-order valence-electron chi connectivity index (χ3n) is 2.06. The average molecular weight is 243 g/mol. The Morgan fingerprint density at radius 3 is 2.25 bits per heavy atom. The zero-order valence-corrected chi connectivity index (χ0v) is 9.96. The van der Waals surface area contributed by atoms with Crippen LogP contribution < -0.4 is 5.32 Å². The minimum absolute atomic E-state index is 0.441. The van der Waals surface area contributed by atoms with Gasteiger partial charge in [0.1, 0.15) is 0 Å². The molecular formula is C11H14FNO2S. The zero-order valence-electron chi connectivity index (χ0n) is 9.14. The highest BCUT2D eigenvalue weighted by Gasteiger charge is 1.99. The third-order valence-corrected chi connectivity index (χ3v) is 2.52. The molecule has 0 unspecified atom stereocenters. The van der Waals surface area contributed by atoms with Gasteiger partial charge in [-0.15, -0.1) is 3.89 Å². The minimum atomic E-state index is -4.56. The Morgan fingerprint density at radius 1 is 1.25 bits per heavy atom. The maximum Gasteiger partial charge on any atom is 0.326 e. The Hall–Kier alpha value is -1.36. The fraction of sp³-hybridized carbons (Fsp3) is 0.273. The van der Waals surface area contributed by atoms with Gasteiger partial charge in [0.15, 0.2) is 0 Å². The summed E-state index contributed by atoms with van der Waals surface area (Å²) in [5, 5.41) is 3.14. The lowest BCUT2D eigenvalue weighted by Gasteiger charge is -2.06. The molecule has 1 aromatic rings. The van der Waals surface area contributed by atoms with Crippen molar-refractivity contribution in [1.29, 1.82) is 0 Å². The standard InChI is InChI=1S/C11H14FNO2S/c1-9(2)10-3-5-11(6-4-10)13-7-8-16(12,14)15/h3-9,13H,1-2H3. The van der Waals surface area contributed by atoms with E-state index in [4.69, 9.17) is 0 Å². The van der Waals surface area contributed by atoms with E-state index in [-0.39, 0.29) is 0 Å². The molecule has 0 spiro atoms. The van der Waals surface area contributed by atoms with Crippen LogP contribution in [0.3, 0.4) is 0 Å². The van der Waals surface area contributed by atoms with Crippen molar-refractivity contribution in [1.82, 2.24) is 0 Å². The minimum Gasteiger partial charge on any atom is -0.361 e. The van der Waals surface area contributed by atoms with Crippen LogP contribution in [0, 0.1) is 0 Å². The third kappa shape index (κ3) is 4.44. The van der Waals surface area contributed by atoms with Gasteiger partial charge < -0.3 is 5.32 Å². The monoisotopic (exact) mass is 243 g/mol. The Bertz CT molecular complexity index is 463. The topological polar surface area (TPSA) is 46.2 Å². The fourth-order valence-corrected chi connectivity index (χ4v) is 1.41. The predicted octanol–water partition coefficient (Wildman–Crippen LogP) is 2.99. The molecule has 0 aromatic heterocycles. The number of hydrogen-bond acceptors (Lipinski definition) is 3. The molecule has 0 bridgehead atoms. The molecule has 0 radical (unpaired) electrons. The van der Waals surface area contributed by atoms with Crippen LogP contribution >= 0.6 is 0 Å². The van der Waals surface area contributed by atoms with E-state index in [0.29, 0.717) is 17.0 Å². The first kappa shape index (κ1) is 12.7. The molecule has 0 fully saturated rings. The first-order chi connectivity index (χ1) is 7.38. The van der Waals surface area contributed by atoms with Crippen LogP contribution in [0.5, 0.6) is 0 Å². The van der Waals surface area contributed by atoms with E-state index in [0.717, 1.165) is 6.20 Å². The number of hydrogen-bond donors (Lipinski definition) is 1. The fourth-order valence-electron chi connectivity index (χ4n) is 1.18. The van der Waals surface area contributed by atoms with Gasteiger partial charge in [-0.3, -0.25) is 0 Å². The van der Waals surface area contributed by atoms with Gasteiger partial charge in [0, 0.05) is 11.9 Å². The Morgan fingerprint density at radius 2 is 1.81 bits per heavy atom. The average Bonchev–Trinajstić information content (AvgIpc) is 2.16. The molecule has 3 nitrogen and oxygen atoms in total. The summed E-state index contributed by atoms with van der Waals surface area (Å²) in [4.78, 5) is 0. The second kappa shape index (κ2) is 5.12. The van der Waals surface area contributed by atoms with Gasteiger partial charge in [0.05, 0.1) is 5.41 Å². The van der Waals surface area contributed by atoms with Gasteiger partial charge in [0.2, 0.25) is 0 Å². The van der Waals surface area contributed by atoms with Crippen LogP contribution in [0.2, 0.25) is 0 Å². The van der Waals surface area contributed by atoms with Crippen molar-refractivity contribution >= 4 is 15.9 Å². The molecule has 1 aromatic carbocycles. The number of benzene rings is 1. The SMILES string of the molecule is CC(C)c1ccc(NC=CS(=O)(=O)F)cc1. The molecule has 1 N–H and O–H groups in total. The van der Waals surface area contributed by atoms with E-state index in [1.807, 2.05) is 24.3 Å². The Balaban J connectivity index is 2.66. The summed E-state index contributed by atoms with van der Waals surface area (Å²) >= 11 is 0. The molecule has 1 rings (SSSR count). The molecule has 0 atom stereocenters. The Labute approximate surface area is 95.2 Å². The largest absolute Gasteiger partial charge is 0.361 e. The highest BCUT2D eigenvalue weighted by Crippen LogP contribution is 2.17. The number of anilines is 1. The van der Waals surface area contributed by atoms with Crippen molar-refractivity contribution in [2.24, 2.45) is 0 Å². The highest BCUT2D eigenvalue weighted by atomic mass is 32.3. The number of nitrogens with one attached hydrogen (secondary N) is 1. The maximum atomic E-state index is 12.1. The zero-order chi connectivity index (χ0) is 12.2. The first-order valence-electron chi connectivity index (χ1n) is 4.86. The van der Waals surface area contributed by atoms with Crippen LogP contribution in [0.15, 0.2) is 35.9 Å². The van der Waals surface area contributed by atoms with Gasteiger partial charge in [0.25, 0.3) is 0 Å². The summed E-state index contributed by atoms with van der Waals surface area (Å²) in [7, 11) is -4.56. The summed E-state index contributed by atoms with van der Waals surface area (Å²) in [5.74, 6) is 0.441. The summed E-state index contributed by atoms with van der Waals surface area (Å²) in [6.07, 6.45) is 1.06. The molecule has 0 aliphatic rings. The molecule has 0 aliphatic carbocycles. The van der Waals surface area contributed by atoms with Crippen LogP contribution in [0.25, 0.3) is 0 Å². The van der Waals surface area contributed by atoms with E-state index in [9.17, 15) is 12.3 Å². The Kier molecular flexibility index (Phi) is 4.06. The summed E-state index contributed by atoms with van der Waals surface area (Å²) in [5.41, 5.74) is 1.90. The van der Waals surface area contributed by atoms with E-state index in [1.165, 1.54) is 5.56 Å². The number of halogens is 1. The van der Waals surface area contributed by atoms with Gasteiger partial charge in [-0.1, -0.05) is 26.0 Å². The molecule has 0 amide bonds. The molecule has 16 heavy (non-hydrogen) atoms. The van der Waals surface area contributed by atoms with Gasteiger partial charge in [-0.2, -0.15) is 8.42 Å². The second-order valence-electron chi connectivity index (χ2n) is 3.70. The van der Waals surface area contributed by atoms with E-state index >= 15 is 0 Å². The molecule has 0 aliphatic heterocycles. The first-order valence-corrected chi connectivity index (χ1v) is 6.31. The van der Waals surface area contributed by atoms with Gasteiger partial charge >= 0.3 is 10.2 Å². The predicted molar refractivity (Wildman–Crippen MR) is 63.3 cm³/mol. The maximum absolute atomic E-state index is 12.1. The van der Waals surface area contributed by atoms with Crippen molar-refractivity contribution in [2.45, 2.75) is 19.8 Å². The molecule has 0 saturated heterocycles. The van der Waals surface area contributed by atoms with Crippen molar-refractivity contribution in [2.75, 3.05) is 5.32 Å². The van der Waals surface area contributed by atoms with E-state index in [2.05, 4.69) is 19.2 Å². The van der Waals surface area contributed by atoms with Crippen molar-refractivity contribution in [3.8, 4) is 0 Å². The lowest BCUT2D eigenvalue weighted by molar-refractivity contribution is 0.563. The quantitative estimate of drug-likeness (QED) is 0.827. The molecule has 5 heteroatoms. The molecular weight excluding hydrogens is 229 g/mol. The van der Waals surface area contributed by atoms with Crippen LogP contribution in [0.1, 0.15) is 25.3 Å². The molecule has 0 heterocycles. The van der Waals surface area contributed by atoms with Crippen LogP contribution in [-0.2, 0) is 10.2 Å². The molecule has 0 saturated carbocycles. The highest BCUT2D eigenvalue weighted by molar-refractivity contribution is 7.89. The lowest BCUT2D eigenvalue weighted by atomic mass is 10.0. The normalized spacial score (nSPS) is 12.2. The van der Waals surface area contributed by atoms with Crippen LogP contribution in [-0.4, -0.2) is 8.42 Å². The van der Waals surface area contributed by atoms with E-state index < -0.39 is 10.2 Å².